The predicted octanol–water partition coefficient (Wildman–Crippen LogP) is 1.91. The van der Waals surface area contributed by atoms with Crippen molar-refractivity contribution in [1.29, 1.82) is 0 Å². The topological polar surface area (TPSA) is 128 Å². The fourth-order valence-electron chi connectivity index (χ4n) is 3.89. The van der Waals surface area contributed by atoms with Gasteiger partial charge < -0.3 is 21.1 Å². The van der Waals surface area contributed by atoms with Crippen LogP contribution < -0.4 is 21.1 Å². The molecule has 1 unspecified atom stereocenters. The SMILES string of the molecule is COc1ccc2c(c1)C(CC(=O)N[C@H](CC(C)C)C(=O)N[C@@H](C(N)=O)C(C)C)CC2=O. The summed E-state index contributed by atoms with van der Waals surface area (Å²) in [5.74, 6) is -1.07. The van der Waals surface area contributed by atoms with Crippen molar-refractivity contribution in [3.63, 3.8) is 0 Å². The molecule has 0 aliphatic heterocycles. The van der Waals surface area contributed by atoms with E-state index < -0.39 is 23.9 Å². The quantitative estimate of drug-likeness (QED) is 0.521. The molecule has 0 heterocycles. The minimum atomic E-state index is -0.814. The first kappa shape index (κ1) is 24.4. The Hall–Kier alpha value is -2.90. The van der Waals surface area contributed by atoms with Crippen LogP contribution >= 0.6 is 0 Å². The van der Waals surface area contributed by atoms with Crippen LogP contribution in [-0.4, -0.2) is 42.7 Å². The molecule has 1 aromatic rings. The fraction of sp³-hybridized carbons (Fsp3) is 0.565. The van der Waals surface area contributed by atoms with E-state index in [0.717, 1.165) is 5.56 Å². The van der Waals surface area contributed by atoms with Gasteiger partial charge in [0.15, 0.2) is 5.78 Å². The average molecular weight is 432 g/mol. The van der Waals surface area contributed by atoms with Crippen molar-refractivity contribution in [2.75, 3.05) is 7.11 Å². The third kappa shape index (κ3) is 6.29. The van der Waals surface area contributed by atoms with Crippen molar-refractivity contribution in [2.45, 2.75) is 65.0 Å². The lowest BCUT2D eigenvalue weighted by molar-refractivity contribution is -0.132. The van der Waals surface area contributed by atoms with Crippen LogP contribution in [0.15, 0.2) is 18.2 Å². The first-order valence-electron chi connectivity index (χ1n) is 10.6. The van der Waals surface area contributed by atoms with E-state index in [2.05, 4.69) is 10.6 Å². The van der Waals surface area contributed by atoms with Crippen molar-refractivity contribution >= 4 is 23.5 Å². The Morgan fingerprint density at radius 1 is 1.16 bits per heavy atom. The molecule has 0 aromatic heterocycles. The molecule has 170 valence electrons. The van der Waals surface area contributed by atoms with Crippen molar-refractivity contribution in [2.24, 2.45) is 17.6 Å². The van der Waals surface area contributed by atoms with E-state index in [-0.39, 0.29) is 42.3 Å². The molecule has 1 aliphatic carbocycles. The number of Topliss-reactive ketones (excluding diaryl/α,β-unsaturated/α-hetero) is 1. The summed E-state index contributed by atoms with van der Waals surface area (Å²) in [7, 11) is 1.55. The number of hydrogen-bond acceptors (Lipinski definition) is 5. The van der Waals surface area contributed by atoms with Crippen LogP contribution in [0.4, 0.5) is 0 Å². The Morgan fingerprint density at radius 3 is 2.39 bits per heavy atom. The van der Waals surface area contributed by atoms with Gasteiger partial charge >= 0.3 is 0 Å². The second-order valence-electron chi connectivity index (χ2n) is 8.86. The zero-order valence-corrected chi connectivity index (χ0v) is 18.9. The largest absolute Gasteiger partial charge is 0.497 e. The molecule has 1 aromatic carbocycles. The van der Waals surface area contributed by atoms with Crippen LogP contribution in [0.5, 0.6) is 5.75 Å². The summed E-state index contributed by atoms with van der Waals surface area (Å²) < 4.78 is 5.24. The fourth-order valence-corrected chi connectivity index (χ4v) is 3.89. The molecular formula is C23H33N3O5. The number of carbonyl (C=O) groups is 4. The van der Waals surface area contributed by atoms with Crippen LogP contribution in [-0.2, 0) is 14.4 Å². The third-order valence-electron chi connectivity index (χ3n) is 5.49. The lowest BCUT2D eigenvalue weighted by Crippen LogP contribution is -2.55. The van der Waals surface area contributed by atoms with Crippen molar-refractivity contribution < 1.29 is 23.9 Å². The van der Waals surface area contributed by atoms with E-state index in [0.29, 0.717) is 17.7 Å². The first-order chi connectivity index (χ1) is 14.5. The Morgan fingerprint density at radius 2 is 1.84 bits per heavy atom. The molecule has 0 spiro atoms. The number of hydrogen-bond donors (Lipinski definition) is 3. The lowest BCUT2D eigenvalue weighted by atomic mass is 9.96. The minimum Gasteiger partial charge on any atom is -0.497 e. The highest BCUT2D eigenvalue weighted by molar-refractivity contribution is 6.02. The molecule has 0 saturated heterocycles. The van der Waals surface area contributed by atoms with E-state index >= 15 is 0 Å². The highest BCUT2D eigenvalue weighted by Gasteiger charge is 2.33. The Bertz CT molecular complexity index is 850. The van der Waals surface area contributed by atoms with E-state index in [1.165, 1.54) is 0 Å². The highest BCUT2D eigenvalue weighted by atomic mass is 16.5. The van der Waals surface area contributed by atoms with Gasteiger partial charge in [-0.15, -0.1) is 0 Å². The van der Waals surface area contributed by atoms with Gasteiger partial charge in [-0.05, 0) is 42.0 Å². The molecular weight excluding hydrogens is 398 g/mol. The van der Waals surface area contributed by atoms with Gasteiger partial charge in [0.1, 0.15) is 17.8 Å². The summed E-state index contributed by atoms with van der Waals surface area (Å²) in [6, 6.07) is 3.63. The maximum absolute atomic E-state index is 12.8. The summed E-state index contributed by atoms with van der Waals surface area (Å²) in [4.78, 5) is 49.5. The number of benzene rings is 1. The molecule has 31 heavy (non-hydrogen) atoms. The van der Waals surface area contributed by atoms with Crippen LogP contribution in [0, 0.1) is 11.8 Å². The molecule has 8 heteroatoms. The maximum Gasteiger partial charge on any atom is 0.243 e. The molecule has 3 amide bonds. The van der Waals surface area contributed by atoms with Gasteiger partial charge in [0, 0.05) is 24.3 Å². The van der Waals surface area contributed by atoms with Gasteiger partial charge in [-0.2, -0.15) is 0 Å². The van der Waals surface area contributed by atoms with E-state index in [1.807, 2.05) is 13.8 Å². The van der Waals surface area contributed by atoms with Crippen LogP contribution in [0.2, 0.25) is 0 Å². The summed E-state index contributed by atoms with van der Waals surface area (Å²) in [5, 5.41) is 5.45. The minimum absolute atomic E-state index is 0.00633. The van der Waals surface area contributed by atoms with Gasteiger partial charge in [0.05, 0.1) is 7.11 Å². The molecule has 2 rings (SSSR count). The van der Waals surface area contributed by atoms with Gasteiger partial charge in [-0.1, -0.05) is 27.7 Å². The first-order valence-corrected chi connectivity index (χ1v) is 10.6. The molecule has 0 radical (unpaired) electrons. The van der Waals surface area contributed by atoms with Crippen molar-refractivity contribution in [3.05, 3.63) is 29.3 Å². The van der Waals surface area contributed by atoms with Gasteiger partial charge in [0.25, 0.3) is 0 Å². The van der Waals surface area contributed by atoms with E-state index in [1.54, 1.807) is 39.2 Å². The molecule has 8 nitrogen and oxygen atoms in total. The lowest BCUT2D eigenvalue weighted by Gasteiger charge is -2.25. The van der Waals surface area contributed by atoms with Crippen LogP contribution in [0.1, 0.15) is 68.8 Å². The number of ketones is 1. The molecule has 0 saturated carbocycles. The number of rotatable bonds is 10. The molecule has 3 atom stereocenters. The van der Waals surface area contributed by atoms with Crippen molar-refractivity contribution in [3.8, 4) is 5.75 Å². The second kappa shape index (κ2) is 10.4. The number of methoxy groups -OCH3 is 1. The summed E-state index contributed by atoms with van der Waals surface area (Å²) in [6.07, 6.45) is 0.737. The number of ether oxygens (including phenoxy) is 1. The normalized spacial score (nSPS) is 17.3. The Kier molecular flexibility index (Phi) is 8.19. The number of primary amides is 1. The number of nitrogens with one attached hydrogen (secondary N) is 2. The smallest absolute Gasteiger partial charge is 0.243 e. The number of amides is 3. The van der Waals surface area contributed by atoms with Gasteiger partial charge in [0.2, 0.25) is 17.7 Å². The van der Waals surface area contributed by atoms with E-state index in [9.17, 15) is 19.2 Å². The highest BCUT2D eigenvalue weighted by Crippen LogP contribution is 2.37. The van der Waals surface area contributed by atoms with Gasteiger partial charge in [-0.25, -0.2) is 0 Å². The molecule has 0 fully saturated rings. The standard InChI is InChI=1S/C23H33N3O5/c1-12(2)8-18(23(30)26-21(13(3)4)22(24)29)25-20(28)10-14-9-19(27)16-7-6-15(31-5)11-17(14)16/h6-7,11-14,18,21H,8-10H2,1-5H3,(H2,24,29)(H,25,28)(H,26,30)/t14?,18-,21-/m1/s1. The number of nitrogens with two attached hydrogens (primary N) is 1. The van der Waals surface area contributed by atoms with E-state index in [4.69, 9.17) is 10.5 Å². The van der Waals surface area contributed by atoms with Crippen LogP contribution in [0.25, 0.3) is 0 Å². The molecule has 0 bridgehead atoms. The zero-order valence-electron chi connectivity index (χ0n) is 18.9. The van der Waals surface area contributed by atoms with Crippen molar-refractivity contribution in [1.82, 2.24) is 10.6 Å². The Labute approximate surface area is 183 Å². The summed E-state index contributed by atoms with van der Waals surface area (Å²) >= 11 is 0. The number of carbonyl (C=O) groups excluding carboxylic acids is 4. The second-order valence-corrected chi connectivity index (χ2v) is 8.86. The average Bonchev–Trinajstić information content (AvgIpc) is 2.99. The predicted molar refractivity (Wildman–Crippen MR) is 117 cm³/mol. The van der Waals surface area contributed by atoms with Gasteiger partial charge in [-0.3, -0.25) is 19.2 Å². The molecule has 1 aliphatic rings. The maximum atomic E-state index is 12.8. The molecule has 4 N–H and O–H groups in total. The van der Waals surface area contributed by atoms with Crippen LogP contribution in [0.3, 0.4) is 0 Å². The zero-order chi connectivity index (χ0) is 23.3. The summed E-state index contributed by atoms with van der Waals surface area (Å²) in [6.45, 7) is 7.46. The summed E-state index contributed by atoms with van der Waals surface area (Å²) in [5.41, 5.74) is 6.79. The number of fused-ring (bicyclic) bond motifs is 1. The third-order valence-corrected chi connectivity index (χ3v) is 5.49. The Balaban J connectivity index is 2.11. The monoisotopic (exact) mass is 431 g/mol.